The van der Waals surface area contributed by atoms with Gasteiger partial charge in [0.2, 0.25) is 0 Å². The molecule has 0 radical (unpaired) electrons. The predicted octanol–water partition coefficient (Wildman–Crippen LogP) is 3.49. The van der Waals surface area contributed by atoms with Crippen LogP contribution in [0.25, 0.3) is 11.4 Å². The molecule has 1 amide bonds. The topological polar surface area (TPSA) is 51.0 Å². The van der Waals surface area contributed by atoms with Gasteiger partial charge in [-0.2, -0.15) is 0 Å². The van der Waals surface area contributed by atoms with Crippen molar-refractivity contribution in [1.29, 1.82) is 0 Å². The van der Waals surface area contributed by atoms with Crippen LogP contribution in [0.2, 0.25) is 0 Å². The second kappa shape index (κ2) is 7.52. The highest BCUT2D eigenvalue weighted by Gasteiger charge is 2.18. The Labute approximate surface area is 154 Å². The van der Waals surface area contributed by atoms with Gasteiger partial charge in [0.15, 0.2) is 0 Å². The van der Waals surface area contributed by atoms with Gasteiger partial charge in [0.1, 0.15) is 5.82 Å². The lowest BCUT2D eigenvalue weighted by molar-refractivity contribution is 0.0743. The smallest absolute Gasteiger partial charge is 0.253 e. The molecule has 2 heterocycles. The summed E-state index contributed by atoms with van der Waals surface area (Å²) in [5.74, 6) is 0.896. The highest BCUT2D eigenvalue weighted by molar-refractivity contribution is 5.94. The first-order valence-electron chi connectivity index (χ1n) is 8.72. The van der Waals surface area contributed by atoms with Gasteiger partial charge in [-0.05, 0) is 43.7 Å². The number of rotatable bonds is 5. The van der Waals surface area contributed by atoms with Crippen molar-refractivity contribution in [3.8, 4) is 11.4 Å². The van der Waals surface area contributed by atoms with Gasteiger partial charge < -0.3 is 9.47 Å². The molecule has 134 valence electrons. The van der Waals surface area contributed by atoms with Gasteiger partial charge in [0.05, 0.1) is 0 Å². The van der Waals surface area contributed by atoms with Crippen LogP contribution >= 0.6 is 0 Å². The minimum atomic E-state index is 0.0107. The van der Waals surface area contributed by atoms with Gasteiger partial charge in [-0.25, -0.2) is 4.98 Å². The number of hydrogen-bond acceptors (Lipinski definition) is 3. The third-order valence-corrected chi connectivity index (χ3v) is 4.67. The summed E-state index contributed by atoms with van der Waals surface area (Å²) in [5.41, 5.74) is 3.85. The van der Waals surface area contributed by atoms with Crippen LogP contribution in [0, 0.1) is 6.92 Å². The molecule has 0 saturated carbocycles. The summed E-state index contributed by atoms with van der Waals surface area (Å²) in [6.07, 6.45) is 6.22. The molecule has 1 aromatic carbocycles. The van der Waals surface area contributed by atoms with E-state index in [9.17, 15) is 4.79 Å². The first-order chi connectivity index (χ1) is 12.5. The molecule has 0 aliphatic rings. The summed E-state index contributed by atoms with van der Waals surface area (Å²) in [6, 6.07) is 11.7. The summed E-state index contributed by atoms with van der Waals surface area (Å²) in [7, 11) is 3.80. The van der Waals surface area contributed by atoms with Crippen molar-refractivity contribution in [3.63, 3.8) is 0 Å². The monoisotopic (exact) mass is 348 g/mol. The molecule has 1 unspecified atom stereocenters. The molecule has 26 heavy (non-hydrogen) atoms. The van der Waals surface area contributed by atoms with Crippen LogP contribution in [0.4, 0.5) is 0 Å². The van der Waals surface area contributed by atoms with Crippen molar-refractivity contribution >= 4 is 5.91 Å². The largest absolute Gasteiger partial charge is 0.339 e. The number of hydrogen-bond donors (Lipinski definition) is 0. The molecule has 0 aliphatic carbocycles. The molecule has 0 spiro atoms. The Morgan fingerprint density at radius 3 is 2.50 bits per heavy atom. The molecule has 3 aromatic rings. The fraction of sp³-hybridized carbons (Fsp3) is 0.286. The molecule has 0 aliphatic heterocycles. The second-order valence-electron chi connectivity index (χ2n) is 6.73. The van der Waals surface area contributed by atoms with E-state index in [4.69, 9.17) is 0 Å². The van der Waals surface area contributed by atoms with Crippen LogP contribution in [0.5, 0.6) is 0 Å². The van der Waals surface area contributed by atoms with Crippen LogP contribution in [-0.4, -0.2) is 38.4 Å². The normalized spacial score (nSPS) is 12.0. The molecule has 1 atom stereocenters. The zero-order chi connectivity index (χ0) is 18.7. The third-order valence-electron chi connectivity index (χ3n) is 4.67. The quantitative estimate of drug-likeness (QED) is 0.709. The van der Waals surface area contributed by atoms with E-state index < -0.39 is 0 Å². The fourth-order valence-corrected chi connectivity index (χ4v) is 2.96. The second-order valence-corrected chi connectivity index (χ2v) is 6.73. The highest BCUT2D eigenvalue weighted by Crippen LogP contribution is 2.18. The summed E-state index contributed by atoms with van der Waals surface area (Å²) in [4.78, 5) is 23.3. The maximum Gasteiger partial charge on any atom is 0.253 e. The average molecular weight is 348 g/mol. The summed E-state index contributed by atoms with van der Waals surface area (Å²) >= 11 is 0. The molecule has 0 fully saturated rings. The molecule has 0 saturated heterocycles. The number of aryl methyl sites for hydroxylation is 2. The van der Waals surface area contributed by atoms with Crippen molar-refractivity contribution in [2.45, 2.75) is 26.3 Å². The Balaban J connectivity index is 1.70. The van der Waals surface area contributed by atoms with E-state index in [0.29, 0.717) is 5.56 Å². The number of aromatic nitrogens is 3. The number of nitrogens with zero attached hydrogens (tertiary/aromatic N) is 4. The molecule has 5 nitrogen and oxygen atoms in total. The van der Waals surface area contributed by atoms with Crippen LogP contribution < -0.4 is 0 Å². The summed E-state index contributed by atoms with van der Waals surface area (Å²) in [6.45, 7) is 4.10. The molecular formula is C21H24N4O. The summed E-state index contributed by atoms with van der Waals surface area (Å²) < 4.78 is 1.96. The molecule has 2 aromatic heterocycles. The Hall–Kier alpha value is -2.95. The van der Waals surface area contributed by atoms with Crippen LogP contribution in [-0.2, 0) is 13.5 Å². The molecular weight excluding hydrogens is 324 g/mol. The fourth-order valence-electron chi connectivity index (χ4n) is 2.96. The molecule has 0 N–H and O–H groups in total. The van der Waals surface area contributed by atoms with Crippen molar-refractivity contribution < 1.29 is 4.79 Å². The van der Waals surface area contributed by atoms with Gasteiger partial charge in [-0.3, -0.25) is 9.78 Å². The Kier molecular flexibility index (Phi) is 5.16. The highest BCUT2D eigenvalue weighted by atomic mass is 16.2. The van der Waals surface area contributed by atoms with Crippen LogP contribution in [0.1, 0.15) is 28.5 Å². The molecule has 0 bridgehead atoms. The van der Waals surface area contributed by atoms with E-state index in [1.807, 2.05) is 75.2 Å². The number of carbonyl (C=O) groups is 1. The van der Waals surface area contributed by atoms with E-state index >= 15 is 0 Å². The maximum atomic E-state index is 12.8. The molecule has 5 heteroatoms. The van der Waals surface area contributed by atoms with E-state index in [2.05, 4.69) is 16.0 Å². The Morgan fingerprint density at radius 1 is 1.15 bits per heavy atom. The average Bonchev–Trinajstić information content (AvgIpc) is 3.06. The lowest BCUT2D eigenvalue weighted by Gasteiger charge is -2.25. The number of likely N-dealkylation sites (N-methyl/N-ethyl adjacent to an activating group) is 1. The Bertz CT molecular complexity index is 898. The van der Waals surface area contributed by atoms with Gasteiger partial charge in [-0.15, -0.1) is 0 Å². The first kappa shape index (κ1) is 17.9. The standard InChI is InChI=1S/C21H24N4O/c1-15-9-10-22-19(13-15)14-16(2)25(4)21(26)18-7-5-17(6-8-18)20-23-11-12-24(20)3/h5-13,16H,14H2,1-4H3. The van der Waals surface area contributed by atoms with Gasteiger partial charge in [0, 0.05) is 62.0 Å². The third kappa shape index (κ3) is 3.82. The minimum absolute atomic E-state index is 0.0107. The van der Waals surface area contributed by atoms with Crippen molar-refractivity contribution in [3.05, 3.63) is 71.8 Å². The van der Waals surface area contributed by atoms with Crippen molar-refractivity contribution in [2.24, 2.45) is 7.05 Å². The number of imidazole rings is 1. The van der Waals surface area contributed by atoms with E-state index in [1.165, 1.54) is 5.56 Å². The predicted molar refractivity (Wildman–Crippen MR) is 103 cm³/mol. The van der Waals surface area contributed by atoms with Gasteiger partial charge >= 0.3 is 0 Å². The Morgan fingerprint density at radius 2 is 1.88 bits per heavy atom. The lowest BCUT2D eigenvalue weighted by atomic mass is 10.1. The number of carbonyl (C=O) groups excluding carboxylic acids is 1. The summed E-state index contributed by atoms with van der Waals surface area (Å²) in [5, 5.41) is 0. The van der Waals surface area contributed by atoms with Crippen LogP contribution in [0.3, 0.4) is 0 Å². The maximum absolute atomic E-state index is 12.8. The van der Waals surface area contributed by atoms with Gasteiger partial charge in [0.25, 0.3) is 5.91 Å². The number of benzene rings is 1. The van der Waals surface area contributed by atoms with E-state index in [-0.39, 0.29) is 11.9 Å². The zero-order valence-corrected chi connectivity index (χ0v) is 15.7. The lowest BCUT2D eigenvalue weighted by Crippen LogP contribution is -2.36. The van der Waals surface area contributed by atoms with E-state index in [1.54, 1.807) is 11.1 Å². The van der Waals surface area contributed by atoms with Crippen LogP contribution in [0.15, 0.2) is 55.0 Å². The number of pyridine rings is 1. The van der Waals surface area contributed by atoms with Gasteiger partial charge in [-0.1, -0.05) is 12.1 Å². The van der Waals surface area contributed by atoms with Crippen molar-refractivity contribution in [2.75, 3.05) is 7.05 Å². The van der Waals surface area contributed by atoms with E-state index in [0.717, 1.165) is 23.5 Å². The molecule has 3 rings (SSSR count). The zero-order valence-electron chi connectivity index (χ0n) is 15.7. The van der Waals surface area contributed by atoms with Crippen molar-refractivity contribution in [1.82, 2.24) is 19.4 Å². The number of amides is 1. The first-order valence-corrected chi connectivity index (χ1v) is 8.72. The minimum Gasteiger partial charge on any atom is -0.339 e. The SMILES string of the molecule is Cc1ccnc(CC(C)N(C)C(=O)c2ccc(-c3nccn3C)cc2)c1.